The van der Waals surface area contributed by atoms with Crippen molar-refractivity contribution in [1.29, 1.82) is 0 Å². The smallest absolute Gasteiger partial charge is 0.295 e. The fourth-order valence-electron chi connectivity index (χ4n) is 2.16. The third-order valence-electron chi connectivity index (χ3n) is 3.60. The molecule has 0 unspecified atom stereocenters. The van der Waals surface area contributed by atoms with Gasteiger partial charge in [-0.15, -0.1) is 11.8 Å². The van der Waals surface area contributed by atoms with Gasteiger partial charge in [-0.1, -0.05) is 39.8 Å². The summed E-state index contributed by atoms with van der Waals surface area (Å²) in [7, 11) is 0. The van der Waals surface area contributed by atoms with E-state index in [0.29, 0.717) is 12.0 Å². The molecule has 0 atom stereocenters. The Bertz CT molecular complexity index is 778. The number of aromatic nitrogens is 3. The summed E-state index contributed by atoms with van der Waals surface area (Å²) in [5.74, 6) is 0.641. The lowest BCUT2D eigenvalue weighted by Crippen LogP contribution is -2.31. The van der Waals surface area contributed by atoms with Gasteiger partial charge in [-0.3, -0.25) is 0 Å². The number of oxazole rings is 1. The van der Waals surface area contributed by atoms with E-state index >= 15 is 0 Å². The third-order valence-corrected chi connectivity index (χ3v) is 4.28. The maximum absolute atomic E-state index is 5.68. The Balaban J connectivity index is 0.00000177. The normalized spacial score (nSPS) is 11.0. The number of anilines is 2. The summed E-state index contributed by atoms with van der Waals surface area (Å²) >= 11 is 1.63. The van der Waals surface area contributed by atoms with Crippen LogP contribution in [0.25, 0.3) is 11.1 Å². The third kappa shape index (κ3) is 5.62. The molecule has 2 N–H and O–H groups in total. The van der Waals surface area contributed by atoms with Crippen LogP contribution in [0.5, 0.6) is 0 Å². The van der Waals surface area contributed by atoms with E-state index in [-0.39, 0.29) is 8.27 Å². The first-order valence-electron chi connectivity index (χ1n) is 8.75. The fourth-order valence-corrected chi connectivity index (χ4v) is 2.47. The van der Waals surface area contributed by atoms with Crippen LogP contribution in [-0.4, -0.2) is 34.3 Å². The van der Waals surface area contributed by atoms with Crippen molar-refractivity contribution in [2.45, 2.75) is 32.6 Å². The number of fused-ring (bicyclic) bond motifs is 1. The zero-order chi connectivity index (χ0) is 19.0. The van der Waals surface area contributed by atoms with E-state index in [1.807, 2.05) is 56.8 Å². The molecular formula is C19H31N5OS. The SMILES string of the molecule is CC.CSc1cnc(NCC(C)(C)CNc2nc3ccccc3o2)nc1.[HH].[HH]. The largest absolute Gasteiger partial charge is 0.424 e. The number of rotatable bonds is 7. The van der Waals surface area contributed by atoms with Gasteiger partial charge < -0.3 is 15.1 Å². The highest BCUT2D eigenvalue weighted by Crippen LogP contribution is 2.21. The minimum absolute atomic E-state index is 0. The molecule has 0 aliphatic carbocycles. The highest BCUT2D eigenvalue weighted by atomic mass is 32.2. The second kappa shape index (κ2) is 9.43. The Morgan fingerprint density at radius 1 is 1.08 bits per heavy atom. The van der Waals surface area contributed by atoms with Crippen molar-refractivity contribution in [3.05, 3.63) is 36.7 Å². The summed E-state index contributed by atoms with van der Waals surface area (Å²) < 4.78 is 5.68. The number of nitrogens with zero attached hydrogens (tertiary/aromatic N) is 3. The van der Waals surface area contributed by atoms with Crippen LogP contribution in [0.15, 0.2) is 46.0 Å². The minimum Gasteiger partial charge on any atom is -0.424 e. The second-order valence-corrected chi connectivity index (χ2v) is 7.18. The Hall–Kier alpha value is -2.28. The maximum Gasteiger partial charge on any atom is 0.295 e. The molecular weight excluding hydrogens is 346 g/mol. The Labute approximate surface area is 162 Å². The average molecular weight is 378 g/mol. The molecule has 7 heteroatoms. The van der Waals surface area contributed by atoms with Crippen molar-refractivity contribution in [1.82, 2.24) is 15.0 Å². The van der Waals surface area contributed by atoms with Gasteiger partial charge in [-0.25, -0.2) is 9.97 Å². The topological polar surface area (TPSA) is 75.9 Å². The van der Waals surface area contributed by atoms with Gasteiger partial charge in [0.25, 0.3) is 6.01 Å². The number of hydrogen-bond donors (Lipinski definition) is 2. The zero-order valence-electron chi connectivity index (χ0n) is 16.0. The second-order valence-electron chi connectivity index (χ2n) is 6.30. The van der Waals surface area contributed by atoms with Gasteiger partial charge in [0.2, 0.25) is 5.95 Å². The highest BCUT2D eigenvalue weighted by Gasteiger charge is 2.19. The van der Waals surface area contributed by atoms with E-state index < -0.39 is 0 Å². The number of benzene rings is 1. The molecule has 144 valence electrons. The molecule has 3 rings (SSSR count). The van der Waals surface area contributed by atoms with Crippen LogP contribution in [0.2, 0.25) is 0 Å². The van der Waals surface area contributed by atoms with E-state index in [4.69, 9.17) is 4.42 Å². The van der Waals surface area contributed by atoms with Crippen LogP contribution in [0.1, 0.15) is 30.5 Å². The molecule has 0 fully saturated rings. The van der Waals surface area contributed by atoms with E-state index in [2.05, 4.69) is 39.4 Å². The van der Waals surface area contributed by atoms with Crippen molar-refractivity contribution in [3.63, 3.8) is 0 Å². The van der Waals surface area contributed by atoms with Crippen LogP contribution in [-0.2, 0) is 0 Å². The van der Waals surface area contributed by atoms with Crippen LogP contribution in [0.4, 0.5) is 12.0 Å². The first-order chi connectivity index (χ1) is 12.6. The van der Waals surface area contributed by atoms with Gasteiger partial charge in [-0.2, -0.15) is 4.98 Å². The van der Waals surface area contributed by atoms with Gasteiger partial charge in [0.15, 0.2) is 5.58 Å². The summed E-state index contributed by atoms with van der Waals surface area (Å²) in [6, 6.07) is 8.28. The minimum atomic E-state index is -0.0256. The molecule has 0 saturated carbocycles. The zero-order valence-corrected chi connectivity index (χ0v) is 16.9. The van der Waals surface area contributed by atoms with E-state index in [0.717, 1.165) is 29.1 Å². The molecule has 0 aliphatic heterocycles. The molecule has 0 aliphatic rings. The molecule has 2 aromatic heterocycles. The van der Waals surface area contributed by atoms with E-state index in [1.54, 1.807) is 11.8 Å². The Morgan fingerprint density at radius 2 is 1.73 bits per heavy atom. The summed E-state index contributed by atoms with van der Waals surface area (Å²) in [6.07, 6.45) is 5.65. The molecule has 6 nitrogen and oxygen atoms in total. The summed E-state index contributed by atoms with van der Waals surface area (Å²) in [6.45, 7) is 9.77. The first kappa shape index (κ1) is 20.0. The number of hydrogen-bond acceptors (Lipinski definition) is 7. The Kier molecular flexibility index (Phi) is 7.26. The van der Waals surface area contributed by atoms with Gasteiger partial charge in [0.1, 0.15) is 5.52 Å². The molecule has 0 radical (unpaired) electrons. The van der Waals surface area contributed by atoms with Gasteiger partial charge in [0.05, 0.1) is 0 Å². The summed E-state index contributed by atoms with van der Waals surface area (Å²) in [5, 5.41) is 6.54. The maximum atomic E-state index is 5.68. The molecule has 0 bridgehead atoms. The molecule has 3 aromatic rings. The lowest BCUT2D eigenvalue weighted by Gasteiger charge is -2.24. The molecule has 0 spiro atoms. The first-order valence-corrected chi connectivity index (χ1v) is 9.98. The summed E-state index contributed by atoms with van der Waals surface area (Å²) in [5.41, 5.74) is 1.62. The van der Waals surface area contributed by atoms with Gasteiger partial charge in [-0.05, 0) is 23.8 Å². The molecule has 2 heterocycles. The lowest BCUT2D eigenvalue weighted by atomic mass is 9.93. The average Bonchev–Trinajstić information content (AvgIpc) is 3.10. The lowest BCUT2D eigenvalue weighted by molar-refractivity contribution is 0.412. The Morgan fingerprint density at radius 3 is 2.38 bits per heavy atom. The standard InChI is InChI=1S/C17H21N5OS.C2H6.2H2/c1-17(2,10-20-15-18-8-12(24-3)9-19-15)11-21-16-22-13-6-4-5-7-14(13)23-16;1-2;;/h4-9H,10-11H2,1-3H3,(H,21,22)(H,18,19,20);1-2H3;2*1H. The predicted molar refractivity (Wildman–Crippen MR) is 114 cm³/mol. The van der Waals surface area contributed by atoms with Crippen LogP contribution < -0.4 is 10.6 Å². The van der Waals surface area contributed by atoms with Crippen molar-refractivity contribution in [3.8, 4) is 0 Å². The predicted octanol–water partition coefficient (Wildman–Crippen LogP) is 5.41. The fraction of sp³-hybridized carbons (Fsp3) is 0.421. The van der Waals surface area contributed by atoms with Gasteiger partial charge >= 0.3 is 0 Å². The van der Waals surface area contributed by atoms with Crippen molar-refractivity contribution in [2.75, 3.05) is 30.0 Å². The quantitative estimate of drug-likeness (QED) is 0.533. The molecule has 26 heavy (non-hydrogen) atoms. The van der Waals surface area contributed by atoms with Crippen molar-refractivity contribution >= 4 is 34.8 Å². The van der Waals surface area contributed by atoms with E-state index in [1.165, 1.54) is 0 Å². The van der Waals surface area contributed by atoms with Gasteiger partial charge in [0, 0.05) is 33.2 Å². The van der Waals surface area contributed by atoms with Crippen molar-refractivity contribution in [2.24, 2.45) is 5.41 Å². The summed E-state index contributed by atoms with van der Waals surface area (Å²) in [4.78, 5) is 14.1. The van der Waals surface area contributed by atoms with Crippen LogP contribution >= 0.6 is 11.8 Å². The molecule has 1 aromatic carbocycles. The van der Waals surface area contributed by atoms with Crippen molar-refractivity contribution < 1.29 is 7.27 Å². The van der Waals surface area contributed by atoms with Crippen LogP contribution in [0, 0.1) is 5.41 Å². The number of nitrogens with one attached hydrogen (secondary N) is 2. The van der Waals surface area contributed by atoms with E-state index in [9.17, 15) is 0 Å². The highest BCUT2D eigenvalue weighted by molar-refractivity contribution is 7.98. The van der Waals surface area contributed by atoms with Crippen LogP contribution in [0.3, 0.4) is 0 Å². The molecule has 0 saturated heterocycles. The number of thioether (sulfide) groups is 1. The molecule has 0 amide bonds. The monoisotopic (exact) mass is 377 g/mol. The number of para-hydroxylation sites is 2.